The van der Waals surface area contributed by atoms with Crippen molar-refractivity contribution in [3.8, 4) is 0 Å². The third-order valence-electron chi connectivity index (χ3n) is 3.83. The zero-order chi connectivity index (χ0) is 13.6. The number of aliphatic hydroxyl groups excluding tert-OH is 1. The van der Waals surface area contributed by atoms with Crippen LogP contribution in [-0.4, -0.2) is 50.5 Å². The van der Waals surface area contributed by atoms with E-state index in [-0.39, 0.29) is 18.6 Å². The lowest BCUT2D eigenvalue weighted by Gasteiger charge is -2.36. The van der Waals surface area contributed by atoms with Crippen molar-refractivity contribution in [2.45, 2.75) is 32.7 Å². The van der Waals surface area contributed by atoms with Gasteiger partial charge in [0.1, 0.15) is 0 Å². The van der Waals surface area contributed by atoms with Crippen molar-refractivity contribution in [1.82, 2.24) is 10.6 Å². The number of amides is 1. The van der Waals surface area contributed by atoms with Crippen LogP contribution in [0.25, 0.3) is 0 Å². The molecule has 0 aromatic rings. The Balaban J connectivity index is 2.56. The molecule has 0 saturated carbocycles. The van der Waals surface area contributed by atoms with Crippen molar-refractivity contribution in [1.29, 1.82) is 0 Å². The van der Waals surface area contributed by atoms with Crippen LogP contribution in [0.3, 0.4) is 0 Å². The number of nitrogens with one attached hydrogen (secondary N) is 2. The summed E-state index contributed by atoms with van der Waals surface area (Å²) in [6.07, 6.45) is 2.18. The number of carbonyl (C=O) groups is 1. The minimum Gasteiger partial charge on any atom is -0.394 e. The average Bonchev–Trinajstić information content (AvgIpc) is 2.39. The van der Waals surface area contributed by atoms with Crippen LogP contribution in [0, 0.1) is 11.3 Å². The smallest absolute Gasteiger partial charge is 0.226 e. The highest BCUT2D eigenvalue weighted by Gasteiger charge is 2.37. The Morgan fingerprint density at radius 2 is 2.33 bits per heavy atom. The molecule has 0 radical (unpaired) electrons. The third kappa shape index (κ3) is 3.93. The minimum absolute atomic E-state index is 0.00713. The van der Waals surface area contributed by atoms with Crippen LogP contribution in [-0.2, 0) is 9.53 Å². The van der Waals surface area contributed by atoms with Crippen LogP contribution in [0.15, 0.2) is 0 Å². The number of rotatable bonds is 6. The standard InChI is InChI=1S/C13H26N2O3/c1-13(2,10-5-4-6-14-7-10)12(17)15-11(8-16)9-18-3/h10-11,14,16H,4-9H2,1-3H3,(H,15,17). The van der Waals surface area contributed by atoms with E-state index in [0.29, 0.717) is 12.5 Å². The van der Waals surface area contributed by atoms with Gasteiger partial charge in [-0.15, -0.1) is 0 Å². The summed E-state index contributed by atoms with van der Waals surface area (Å²) in [5, 5.41) is 15.4. The van der Waals surface area contributed by atoms with E-state index in [9.17, 15) is 9.90 Å². The summed E-state index contributed by atoms with van der Waals surface area (Å²) in [5.74, 6) is 0.334. The second-order valence-corrected chi connectivity index (χ2v) is 5.57. The van der Waals surface area contributed by atoms with Gasteiger partial charge in [0.25, 0.3) is 0 Å². The van der Waals surface area contributed by atoms with E-state index in [4.69, 9.17) is 4.74 Å². The summed E-state index contributed by atoms with van der Waals surface area (Å²) in [7, 11) is 1.56. The summed E-state index contributed by atoms with van der Waals surface area (Å²) >= 11 is 0. The molecule has 106 valence electrons. The normalized spacial score (nSPS) is 22.6. The average molecular weight is 258 g/mol. The van der Waals surface area contributed by atoms with E-state index in [0.717, 1.165) is 25.9 Å². The van der Waals surface area contributed by atoms with Gasteiger partial charge in [0.15, 0.2) is 0 Å². The van der Waals surface area contributed by atoms with Crippen molar-refractivity contribution in [2.24, 2.45) is 11.3 Å². The van der Waals surface area contributed by atoms with E-state index in [2.05, 4.69) is 10.6 Å². The zero-order valence-corrected chi connectivity index (χ0v) is 11.7. The van der Waals surface area contributed by atoms with Crippen molar-refractivity contribution >= 4 is 5.91 Å². The van der Waals surface area contributed by atoms with Crippen molar-refractivity contribution in [3.05, 3.63) is 0 Å². The zero-order valence-electron chi connectivity index (χ0n) is 11.7. The van der Waals surface area contributed by atoms with Crippen LogP contribution in [0.4, 0.5) is 0 Å². The molecule has 1 amide bonds. The van der Waals surface area contributed by atoms with E-state index >= 15 is 0 Å². The Hall–Kier alpha value is -0.650. The highest BCUT2D eigenvalue weighted by Crippen LogP contribution is 2.31. The Labute approximate surface area is 109 Å². The van der Waals surface area contributed by atoms with Crippen LogP contribution < -0.4 is 10.6 Å². The molecule has 1 fully saturated rings. The summed E-state index contributed by atoms with van der Waals surface area (Å²) in [4.78, 5) is 12.3. The van der Waals surface area contributed by atoms with Gasteiger partial charge < -0.3 is 20.5 Å². The van der Waals surface area contributed by atoms with Gasteiger partial charge >= 0.3 is 0 Å². The first kappa shape index (κ1) is 15.4. The summed E-state index contributed by atoms with van der Waals surface area (Å²) in [5.41, 5.74) is -0.422. The first-order valence-corrected chi connectivity index (χ1v) is 6.63. The molecular formula is C13H26N2O3. The fraction of sp³-hybridized carbons (Fsp3) is 0.923. The molecule has 0 aromatic carbocycles. The maximum Gasteiger partial charge on any atom is 0.226 e. The SMILES string of the molecule is COCC(CO)NC(=O)C(C)(C)C1CCCNC1. The van der Waals surface area contributed by atoms with Gasteiger partial charge in [-0.2, -0.15) is 0 Å². The summed E-state index contributed by atoms with van der Waals surface area (Å²) in [6, 6.07) is -0.321. The van der Waals surface area contributed by atoms with Crippen LogP contribution in [0.5, 0.6) is 0 Å². The molecule has 0 bridgehead atoms. The van der Waals surface area contributed by atoms with E-state index in [1.165, 1.54) is 0 Å². The minimum atomic E-state index is -0.422. The lowest BCUT2D eigenvalue weighted by atomic mass is 9.74. The molecule has 1 aliphatic rings. The number of hydrogen-bond donors (Lipinski definition) is 3. The van der Waals surface area contributed by atoms with Gasteiger partial charge in [-0.1, -0.05) is 13.8 Å². The molecular weight excluding hydrogens is 232 g/mol. The Morgan fingerprint density at radius 1 is 1.61 bits per heavy atom. The Kier molecular flexibility index (Phi) is 6.05. The predicted octanol–water partition coefficient (Wildman–Crippen LogP) is 0.136. The van der Waals surface area contributed by atoms with Gasteiger partial charge in [0.2, 0.25) is 5.91 Å². The van der Waals surface area contributed by atoms with Crippen LogP contribution >= 0.6 is 0 Å². The first-order chi connectivity index (χ1) is 8.52. The van der Waals surface area contributed by atoms with Crippen LogP contribution in [0.2, 0.25) is 0 Å². The molecule has 0 aromatic heterocycles. The molecule has 0 spiro atoms. The second kappa shape index (κ2) is 7.07. The molecule has 2 atom stereocenters. The number of hydrogen-bond acceptors (Lipinski definition) is 4. The van der Waals surface area contributed by atoms with Gasteiger partial charge in [0, 0.05) is 12.5 Å². The maximum absolute atomic E-state index is 12.3. The van der Waals surface area contributed by atoms with Crippen LogP contribution in [0.1, 0.15) is 26.7 Å². The molecule has 5 heteroatoms. The molecule has 1 saturated heterocycles. The molecule has 3 N–H and O–H groups in total. The van der Waals surface area contributed by atoms with Crippen molar-refractivity contribution in [3.63, 3.8) is 0 Å². The molecule has 0 aliphatic carbocycles. The number of carbonyl (C=O) groups excluding carboxylic acids is 1. The third-order valence-corrected chi connectivity index (χ3v) is 3.83. The van der Waals surface area contributed by atoms with Gasteiger partial charge in [-0.3, -0.25) is 4.79 Å². The molecule has 18 heavy (non-hydrogen) atoms. The summed E-state index contributed by atoms with van der Waals surface area (Å²) in [6.45, 7) is 6.11. The van der Waals surface area contributed by atoms with E-state index in [1.807, 2.05) is 13.8 Å². The predicted molar refractivity (Wildman–Crippen MR) is 70.3 cm³/mol. The molecule has 1 aliphatic heterocycles. The van der Waals surface area contributed by atoms with Crippen molar-refractivity contribution in [2.75, 3.05) is 33.4 Å². The lowest BCUT2D eigenvalue weighted by molar-refractivity contribution is -0.134. The molecule has 5 nitrogen and oxygen atoms in total. The van der Waals surface area contributed by atoms with Gasteiger partial charge in [0.05, 0.1) is 19.3 Å². The first-order valence-electron chi connectivity index (χ1n) is 6.63. The van der Waals surface area contributed by atoms with Gasteiger partial charge in [-0.05, 0) is 31.8 Å². The quantitative estimate of drug-likeness (QED) is 0.633. The number of ether oxygens (including phenoxy) is 1. The molecule has 1 heterocycles. The Morgan fingerprint density at radius 3 is 2.83 bits per heavy atom. The topological polar surface area (TPSA) is 70.6 Å². The second-order valence-electron chi connectivity index (χ2n) is 5.57. The largest absolute Gasteiger partial charge is 0.394 e. The highest BCUT2D eigenvalue weighted by molar-refractivity contribution is 5.82. The fourth-order valence-electron chi connectivity index (χ4n) is 2.37. The summed E-state index contributed by atoms with van der Waals surface area (Å²) < 4.78 is 4.97. The van der Waals surface area contributed by atoms with Gasteiger partial charge in [-0.25, -0.2) is 0 Å². The lowest BCUT2D eigenvalue weighted by Crippen LogP contribution is -2.51. The maximum atomic E-state index is 12.3. The monoisotopic (exact) mass is 258 g/mol. The fourth-order valence-corrected chi connectivity index (χ4v) is 2.37. The van der Waals surface area contributed by atoms with E-state index < -0.39 is 5.41 Å². The molecule has 2 unspecified atom stereocenters. The number of methoxy groups -OCH3 is 1. The highest BCUT2D eigenvalue weighted by atomic mass is 16.5. The number of piperidine rings is 1. The van der Waals surface area contributed by atoms with Crippen molar-refractivity contribution < 1.29 is 14.6 Å². The Bertz CT molecular complexity index is 263. The van der Waals surface area contributed by atoms with E-state index in [1.54, 1.807) is 7.11 Å². The number of aliphatic hydroxyl groups is 1. The molecule has 1 rings (SSSR count).